The van der Waals surface area contributed by atoms with E-state index in [-0.39, 0.29) is 5.91 Å². The van der Waals surface area contributed by atoms with E-state index in [2.05, 4.69) is 10.4 Å². The smallest absolute Gasteiger partial charge is 0.331 e. The van der Waals surface area contributed by atoms with E-state index < -0.39 is 12.0 Å². The number of nitrogens with one attached hydrogen (secondary N) is 1. The zero-order valence-electron chi connectivity index (χ0n) is 11.5. The van der Waals surface area contributed by atoms with Gasteiger partial charge in [0.15, 0.2) is 6.04 Å². The fraction of sp³-hybridized carbons (Fsp3) is 0.357. The highest BCUT2D eigenvalue weighted by Crippen LogP contribution is 2.30. The van der Waals surface area contributed by atoms with E-state index in [0.29, 0.717) is 10.4 Å². The maximum atomic E-state index is 12.3. The van der Waals surface area contributed by atoms with Gasteiger partial charge < -0.3 is 10.4 Å². The molecular weight excluding hydrogens is 290 g/mol. The quantitative estimate of drug-likeness (QED) is 0.897. The van der Waals surface area contributed by atoms with E-state index >= 15 is 0 Å². The highest BCUT2D eigenvalue weighted by atomic mass is 32.1. The first-order valence-corrected chi connectivity index (χ1v) is 7.50. The number of aryl methyl sites for hydroxylation is 3. The second-order valence-electron chi connectivity index (χ2n) is 5.10. The molecule has 6 nitrogen and oxygen atoms in total. The minimum absolute atomic E-state index is 0.342. The van der Waals surface area contributed by atoms with E-state index in [1.165, 1.54) is 32.7 Å². The molecule has 21 heavy (non-hydrogen) atoms. The van der Waals surface area contributed by atoms with Gasteiger partial charge >= 0.3 is 5.97 Å². The Balaban J connectivity index is 1.79. The van der Waals surface area contributed by atoms with Crippen molar-refractivity contribution in [3.63, 3.8) is 0 Å². The van der Waals surface area contributed by atoms with E-state index in [1.54, 1.807) is 13.2 Å². The van der Waals surface area contributed by atoms with Crippen LogP contribution in [0.5, 0.6) is 0 Å². The van der Waals surface area contributed by atoms with Crippen molar-refractivity contribution in [3.05, 3.63) is 39.3 Å². The lowest BCUT2D eigenvalue weighted by Gasteiger charge is -2.12. The number of aliphatic carboxylic acids is 1. The van der Waals surface area contributed by atoms with Crippen molar-refractivity contribution in [1.82, 2.24) is 15.1 Å². The van der Waals surface area contributed by atoms with Gasteiger partial charge in [0.05, 0.1) is 11.1 Å². The number of hydrogen-bond acceptors (Lipinski definition) is 4. The number of carboxylic acids is 1. The highest BCUT2D eigenvalue weighted by Gasteiger charge is 2.26. The summed E-state index contributed by atoms with van der Waals surface area (Å²) in [6, 6.07) is 0.799. The standard InChI is InChI=1S/C14H15N3O3S/c1-17-7-9(6-15-17)12(14(19)20)16-13(18)11-5-8-3-2-4-10(8)21-11/h5-7,12H,2-4H2,1H3,(H,16,18)(H,19,20). The molecule has 2 heterocycles. The van der Waals surface area contributed by atoms with Crippen LogP contribution in [0.1, 0.15) is 38.1 Å². The molecule has 1 aliphatic carbocycles. The van der Waals surface area contributed by atoms with Gasteiger partial charge in [0.2, 0.25) is 0 Å². The Hall–Kier alpha value is -2.15. The predicted octanol–water partition coefficient (Wildman–Crippen LogP) is 1.53. The molecule has 2 aromatic rings. The van der Waals surface area contributed by atoms with E-state index in [1.807, 2.05) is 6.07 Å². The Bertz CT molecular complexity index is 683. The van der Waals surface area contributed by atoms with Gasteiger partial charge in [-0.3, -0.25) is 9.48 Å². The number of rotatable bonds is 4. The number of thiophene rings is 1. The van der Waals surface area contributed by atoms with Crippen LogP contribution < -0.4 is 5.32 Å². The lowest BCUT2D eigenvalue weighted by atomic mass is 10.1. The molecule has 1 aliphatic rings. The van der Waals surface area contributed by atoms with Crippen molar-refractivity contribution in [3.8, 4) is 0 Å². The van der Waals surface area contributed by atoms with Gasteiger partial charge in [-0.25, -0.2) is 4.79 Å². The summed E-state index contributed by atoms with van der Waals surface area (Å²) in [5.74, 6) is -1.44. The van der Waals surface area contributed by atoms with Crippen LogP contribution in [0.4, 0.5) is 0 Å². The Morgan fingerprint density at radius 3 is 2.90 bits per heavy atom. The van der Waals surface area contributed by atoms with Gasteiger partial charge in [-0.1, -0.05) is 0 Å². The molecule has 2 N–H and O–H groups in total. The maximum Gasteiger partial charge on any atom is 0.331 e. The Morgan fingerprint density at radius 1 is 1.48 bits per heavy atom. The van der Waals surface area contributed by atoms with Crippen LogP contribution in [0, 0.1) is 0 Å². The monoisotopic (exact) mass is 305 g/mol. The topological polar surface area (TPSA) is 84.2 Å². The largest absolute Gasteiger partial charge is 0.479 e. The molecule has 0 aromatic carbocycles. The number of carboxylic acid groups (broad SMARTS) is 1. The van der Waals surface area contributed by atoms with Crippen LogP contribution in [-0.2, 0) is 24.7 Å². The number of fused-ring (bicyclic) bond motifs is 1. The third kappa shape index (κ3) is 2.69. The first-order valence-electron chi connectivity index (χ1n) is 6.68. The molecule has 0 aliphatic heterocycles. The molecule has 0 spiro atoms. The molecule has 7 heteroatoms. The third-order valence-electron chi connectivity index (χ3n) is 3.55. The van der Waals surface area contributed by atoms with Gasteiger partial charge in [0.25, 0.3) is 5.91 Å². The van der Waals surface area contributed by atoms with Crippen molar-refractivity contribution in [1.29, 1.82) is 0 Å². The van der Waals surface area contributed by atoms with E-state index in [0.717, 1.165) is 19.3 Å². The minimum Gasteiger partial charge on any atom is -0.479 e. The van der Waals surface area contributed by atoms with Crippen molar-refractivity contribution in [2.24, 2.45) is 7.05 Å². The normalized spacial score (nSPS) is 14.7. The molecule has 110 valence electrons. The third-order valence-corrected chi connectivity index (χ3v) is 4.79. The number of amides is 1. The summed E-state index contributed by atoms with van der Waals surface area (Å²) in [5, 5.41) is 15.8. The van der Waals surface area contributed by atoms with Crippen LogP contribution in [0.15, 0.2) is 18.5 Å². The average Bonchev–Trinajstić information content (AvgIpc) is 3.09. The SMILES string of the molecule is Cn1cc(C(NC(=O)c2cc3c(s2)CCC3)C(=O)O)cn1. The molecule has 1 atom stereocenters. The number of carbonyl (C=O) groups is 2. The molecule has 0 fully saturated rings. The molecule has 1 unspecified atom stereocenters. The van der Waals surface area contributed by atoms with E-state index in [4.69, 9.17) is 0 Å². The maximum absolute atomic E-state index is 12.3. The second kappa shape index (κ2) is 5.33. The molecule has 0 saturated carbocycles. The summed E-state index contributed by atoms with van der Waals surface area (Å²) >= 11 is 1.46. The lowest BCUT2D eigenvalue weighted by molar-refractivity contribution is -0.139. The molecule has 0 saturated heterocycles. The predicted molar refractivity (Wildman–Crippen MR) is 77.4 cm³/mol. The van der Waals surface area contributed by atoms with Gasteiger partial charge in [0.1, 0.15) is 0 Å². The number of nitrogens with zero attached hydrogens (tertiary/aromatic N) is 2. The molecule has 1 amide bonds. The molecule has 0 radical (unpaired) electrons. The van der Waals surface area contributed by atoms with Crippen molar-refractivity contribution in [2.75, 3.05) is 0 Å². The summed E-state index contributed by atoms with van der Waals surface area (Å²) in [7, 11) is 1.70. The van der Waals surface area contributed by atoms with Gasteiger partial charge in [0, 0.05) is 23.7 Å². The number of carbonyl (C=O) groups excluding carboxylic acids is 1. The fourth-order valence-electron chi connectivity index (χ4n) is 2.52. The minimum atomic E-state index is -1.10. The number of aromatic nitrogens is 2. The summed E-state index contributed by atoms with van der Waals surface area (Å²) in [4.78, 5) is 25.4. The lowest BCUT2D eigenvalue weighted by Crippen LogP contribution is -2.33. The van der Waals surface area contributed by atoms with Crippen LogP contribution in [0.25, 0.3) is 0 Å². The van der Waals surface area contributed by atoms with Crippen molar-refractivity contribution < 1.29 is 14.7 Å². The summed E-state index contributed by atoms with van der Waals surface area (Å²) in [5.41, 5.74) is 1.68. The first kappa shape index (κ1) is 13.8. The van der Waals surface area contributed by atoms with Crippen LogP contribution >= 0.6 is 11.3 Å². The van der Waals surface area contributed by atoms with Crippen LogP contribution in [0.3, 0.4) is 0 Å². The Morgan fingerprint density at radius 2 is 2.29 bits per heavy atom. The molecule has 3 rings (SSSR count). The van der Waals surface area contributed by atoms with Crippen LogP contribution in [0.2, 0.25) is 0 Å². The number of hydrogen-bond donors (Lipinski definition) is 2. The zero-order valence-corrected chi connectivity index (χ0v) is 12.3. The molecule has 2 aromatic heterocycles. The summed E-state index contributed by atoms with van der Waals surface area (Å²) in [6.07, 6.45) is 6.19. The summed E-state index contributed by atoms with van der Waals surface area (Å²) in [6.45, 7) is 0. The molecule has 0 bridgehead atoms. The van der Waals surface area contributed by atoms with Crippen LogP contribution in [-0.4, -0.2) is 26.8 Å². The average molecular weight is 305 g/mol. The zero-order chi connectivity index (χ0) is 15.0. The highest BCUT2D eigenvalue weighted by molar-refractivity contribution is 7.14. The van der Waals surface area contributed by atoms with Gasteiger partial charge in [-0.05, 0) is 30.9 Å². The van der Waals surface area contributed by atoms with Crippen molar-refractivity contribution in [2.45, 2.75) is 25.3 Å². The van der Waals surface area contributed by atoms with Gasteiger partial charge in [-0.15, -0.1) is 11.3 Å². The van der Waals surface area contributed by atoms with Crippen molar-refractivity contribution >= 4 is 23.2 Å². The van der Waals surface area contributed by atoms with Gasteiger partial charge in [-0.2, -0.15) is 5.10 Å². The fourth-order valence-corrected chi connectivity index (χ4v) is 3.68. The second-order valence-corrected chi connectivity index (χ2v) is 6.24. The van der Waals surface area contributed by atoms with E-state index in [9.17, 15) is 14.7 Å². The molecular formula is C14H15N3O3S. The Kier molecular flexibility index (Phi) is 3.50. The Labute approximate surface area is 125 Å². The summed E-state index contributed by atoms with van der Waals surface area (Å²) < 4.78 is 1.51. The first-order chi connectivity index (χ1) is 10.0.